The maximum Gasteiger partial charge on any atom is 0.340 e. The van der Waals surface area contributed by atoms with Crippen LogP contribution >= 0.6 is 0 Å². The molecular formula is C24H30N2O3. The SMILES string of the molecule is COC(=O)C1=C(C)N(CCC2=CCCCC2)C(=O)/C1=C/c1ccc(N(C)C)cc1. The molecule has 29 heavy (non-hydrogen) atoms. The number of rotatable bonds is 6. The molecule has 0 atom stereocenters. The average Bonchev–Trinajstić information content (AvgIpc) is 2.96. The van der Waals surface area contributed by atoms with Crippen molar-refractivity contribution in [1.82, 2.24) is 4.90 Å². The molecule has 1 aliphatic heterocycles. The highest BCUT2D eigenvalue weighted by Crippen LogP contribution is 2.33. The van der Waals surface area contributed by atoms with E-state index in [9.17, 15) is 9.59 Å². The molecule has 0 saturated carbocycles. The number of carbonyl (C=O) groups is 2. The Morgan fingerprint density at radius 3 is 2.52 bits per heavy atom. The first-order valence-electron chi connectivity index (χ1n) is 10.2. The van der Waals surface area contributed by atoms with Gasteiger partial charge in [0.2, 0.25) is 0 Å². The standard InChI is InChI=1S/C24H30N2O3/c1-17-22(24(28)29-4)21(16-19-10-12-20(13-11-19)25(2)3)23(27)26(17)15-14-18-8-6-5-7-9-18/h8,10-13,16H,5-7,9,14-15H2,1-4H3/b21-16+. The Balaban J connectivity index is 1.88. The molecule has 0 radical (unpaired) electrons. The number of benzene rings is 1. The Bertz CT molecular complexity index is 876. The second-order valence-electron chi connectivity index (χ2n) is 7.81. The lowest BCUT2D eigenvalue weighted by atomic mass is 9.97. The largest absolute Gasteiger partial charge is 0.465 e. The van der Waals surface area contributed by atoms with Crippen molar-refractivity contribution in [3.05, 3.63) is 58.3 Å². The fourth-order valence-corrected chi connectivity index (χ4v) is 3.92. The van der Waals surface area contributed by atoms with Crippen molar-refractivity contribution in [3.8, 4) is 0 Å². The minimum atomic E-state index is -0.466. The molecule has 0 unspecified atom stereocenters. The number of ether oxygens (including phenoxy) is 1. The van der Waals surface area contributed by atoms with Gasteiger partial charge in [-0.15, -0.1) is 0 Å². The van der Waals surface area contributed by atoms with Crippen molar-refractivity contribution >= 4 is 23.6 Å². The smallest absolute Gasteiger partial charge is 0.340 e. The van der Waals surface area contributed by atoms with E-state index in [1.165, 1.54) is 25.5 Å². The third kappa shape index (κ3) is 4.61. The molecule has 0 saturated heterocycles. The summed E-state index contributed by atoms with van der Waals surface area (Å²) in [7, 11) is 5.32. The summed E-state index contributed by atoms with van der Waals surface area (Å²) in [6.07, 6.45) is 9.63. The molecule has 1 aromatic carbocycles. The number of anilines is 1. The van der Waals surface area contributed by atoms with E-state index in [1.54, 1.807) is 11.0 Å². The van der Waals surface area contributed by atoms with Crippen molar-refractivity contribution in [1.29, 1.82) is 0 Å². The Hall–Kier alpha value is -2.82. The second kappa shape index (κ2) is 9.12. The van der Waals surface area contributed by atoms with Crippen molar-refractivity contribution in [2.75, 3.05) is 32.6 Å². The first-order chi connectivity index (χ1) is 13.9. The van der Waals surface area contributed by atoms with Crippen LogP contribution in [0.3, 0.4) is 0 Å². The number of allylic oxidation sites excluding steroid dienone is 2. The lowest BCUT2D eigenvalue weighted by molar-refractivity contribution is -0.136. The zero-order valence-electron chi connectivity index (χ0n) is 17.8. The van der Waals surface area contributed by atoms with Gasteiger partial charge in [-0.3, -0.25) is 4.79 Å². The molecule has 1 amide bonds. The number of esters is 1. The van der Waals surface area contributed by atoms with Gasteiger partial charge in [0.15, 0.2) is 0 Å². The third-order valence-electron chi connectivity index (χ3n) is 5.66. The third-order valence-corrected chi connectivity index (χ3v) is 5.66. The molecule has 0 aromatic heterocycles. The topological polar surface area (TPSA) is 49.9 Å². The van der Waals surface area contributed by atoms with Crippen LogP contribution in [0.2, 0.25) is 0 Å². The number of carbonyl (C=O) groups excluding carboxylic acids is 2. The normalized spacial score (nSPS) is 18.3. The predicted octanol–water partition coefficient (Wildman–Crippen LogP) is 4.32. The summed E-state index contributed by atoms with van der Waals surface area (Å²) in [5.74, 6) is -0.595. The zero-order valence-corrected chi connectivity index (χ0v) is 17.8. The van der Waals surface area contributed by atoms with E-state index in [0.29, 0.717) is 23.4 Å². The van der Waals surface area contributed by atoms with Crippen LogP contribution in [0.4, 0.5) is 5.69 Å². The molecule has 5 nitrogen and oxygen atoms in total. The molecule has 1 aliphatic carbocycles. The van der Waals surface area contributed by atoms with Gasteiger partial charge in [-0.25, -0.2) is 4.79 Å². The quantitative estimate of drug-likeness (QED) is 0.410. The van der Waals surface area contributed by atoms with Crippen LogP contribution in [-0.4, -0.2) is 44.5 Å². The van der Waals surface area contributed by atoms with Crippen LogP contribution in [0, 0.1) is 0 Å². The molecule has 2 aliphatic rings. The van der Waals surface area contributed by atoms with Gasteiger partial charge in [0.25, 0.3) is 5.91 Å². The van der Waals surface area contributed by atoms with Crippen molar-refractivity contribution < 1.29 is 14.3 Å². The zero-order chi connectivity index (χ0) is 21.0. The first-order valence-corrected chi connectivity index (χ1v) is 10.2. The van der Waals surface area contributed by atoms with Crippen LogP contribution in [0.15, 0.2) is 52.8 Å². The van der Waals surface area contributed by atoms with Gasteiger partial charge in [0.05, 0.1) is 18.3 Å². The Morgan fingerprint density at radius 2 is 1.93 bits per heavy atom. The molecule has 5 heteroatoms. The summed E-state index contributed by atoms with van der Waals surface area (Å²) in [5.41, 5.74) is 4.82. The van der Waals surface area contributed by atoms with E-state index in [1.807, 2.05) is 50.2 Å². The van der Waals surface area contributed by atoms with Crippen LogP contribution in [0.5, 0.6) is 0 Å². The van der Waals surface area contributed by atoms with Gasteiger partial charge in [-0.1, -0.05) is 23.8 Å². The fraction of sp³-hybridized carbons (Fsp3) is 0.417. The van der Waals surface area contributed by atoms with E-state index in [2.05, 4.69) is 6.08 Å². The summed E-state index contributed by atoms with van der Waals surface area (Å²) in [6, 6.07) is 7.89. The Kier molecular flexibility index (Phi) is 6.57. The second-order valence-corrected chi connectivity index (χ2v) is 7.81. The number of methoxy groups -OCH3 is 1. The fourth-order valence-electron chi connectivity index (χ4n) is 3.92. The molecule has 1 heterocycles. The maximum atomic E-state index is 13.2. The monoisotopic (exact) mass is 394 g/mol. The van der Waals surface area contributed by atoms with Crippen molar-refractivity contribution in [3.63, 3.8) is 0 Å². The number of nitrogens with zero attached hydrogens (tertiary/aromatic N) is 2. The maximum absolute atomic E-state index is 13.2. The van der Waals surface area contributed by atoms with E-state index >= 15 is 0 Å². The van der Waals surface area contributed by atoms with Crippen LogP contribution in [0.25, 0.3) is 6.08 Å². The van der Waals surface area contributed by atoms with E-state index in [0.717, 1.165) is 30.5 Å². The van der Waals surface area contributed by atoms with Gasteiger partial charge < -0.3 is 14.5 Å². The average molecular weight is 395 g/mol. The molecule has 0 N–H and O–H groups in total. The summed E-state index contributed by atoms with van der Waals surface area (Å²) in [6.45, 7) is 2.42. The van der Waals surface area contributed by atoms with Crippen LogP contribution in [-0.2, 0) is 14.3 Å². The Labute approximate surface area is 173 Å². The summed E-state index contributed by atoms with van der Waals surface area (Å²) < 4.78 is 4.98. The molecule has 0 spiro atoms. The van der Waals surface area contributed by atoms with Crippen molar-refractivity contribution in [2.24, 2.45) is 0 Å². The molecule has 154 valence electrons. The minimum Gasteiger partial charge on any atom is -0.465 e. The number of hydrogen-bond acceptors (Lipinski definition) is 4. The Morgan fingerprint density at radius 1 is 1.21 bits per heavy atom. The lowest BCUT2D eigenvalue weighted by Crippen LogP contribution is -2.26. The van der Waals surface area contributed by atoms with Crippen LogP contribution in [0.1, 0.15) is 44.6 Å². The van der Waals surface area contributed by atoms with Crippen molar-refractivity contribution in [2.45, 2.75) is 39.0 Å². The first kappa shape index (κ1) is 20.9. The summed E-state index contributed by atoms with van der Waals surface area (Å²) >= 11 is 0. The van der Waals surface area contributed by atoms with E-state index < -0.39 is 5.97 Å². The van der Waals surface area contributed by atoms with Gasteiger partial charge in [0, 0.05) is 32.0 Å². The summed E-state index contributed by atoms with van der Waals surface area (Å²) in [5, 5.41) is 0. The van der Waals surface area contributed by atoms with E-state index in [-0.39, 0.29) is 5.91 Å². The highest BCUT2D eigenvalue weighted by molar-refractivity contribution is 6.16. The summed E-state index contributed by atoms with van der Waals surface area (Å²) in [4.78, 5) is 29.4. The molecule has 0 fully saturated rings. The highest BCUT2D eigenvalue weighted by Gasteiger charge is 2.36. The predicted molar refractivity (Wildman–Crippen MR) is 116 cm³/mol. The van der Waals surface area contributed by atoms with Gasteiger partial charge in [0.1, 0.15) is 0 Å². The lowest BCUT2D eigenvalue weighted by Gasteiger charge is -2.20. The van der Waals surface area contributed by atoms with Gasteiger partial charge in [-0.2, -0.15) is 0 Å². The van der Waals surface area contributed by atoms with Gasteiger partial charge in [-0.05, 0) is 62.8 Å². The van der Waals surface area contributed by atoms with E-state index in [4.69, 9.17) is 4.74 Å². The van der Waals surface area contributed by atoms with Gasteiger partial charge >= 0.3 is 5.97 Å². The molecule has 1 aromatic rings. The molecule has 0 bridgehead atoms. The minimum absolute atomic E-state index is 0.129. The number of amides is 1. The molecular weight excluding hydrogens is 364 g/mol. The number of hydrogen-bond donors (Lipinski definition) is 0. The van der Waals surface area contributed by atoms with Crippen LogP contribution < -0.4 is 4.90 Å². The highest BCUT2D eigenvalue weighted by atomic mass is 16.5. The molecule has 3 rings (SSSR count).